The molecule has 1 aromatic carbocycles. The lowest BCUT2D eigenvalue weighted by atomic mass is 9.81. The summed E-state index contributed by atoms with van der Waals surface area (Å²) in [6, 6.07) is 8.01. The van der Waals surface area contributed by atoms with Crippen molar-refractivity contribution in [1.82, 2.24) is 9.80 Å². The molecule has 0 aromatic heterocycles. The summed E-state index contributed by atoms with van der Waals surface area (Å²) in [7, 11) is 0. The monoisotopic (exact) mass is 398 g/mol. The number of carbonyl (C=O) groups is 3. The highest BCUT2D eigenvalue weighted by Crippen LogP contribution is 2.38. The molecular formula is C23H30N2O4. The highest BCUT2D eigenvalue weighted by molar-refractivity contribution is 6.05. The maximum atomic E-state index is 12.9. The van der Waals surface area contributed by atoms with Crippen LogP contribution in [0.25, 0.3) is 0 Å². The minimum absolute atomic E-state index is 0.0249. The fraction of sp³-hybridized carbons (Fsp3) is 0.609. The average molecular weight is 399 g/mol. The van der Waals surface area contributed by atoms with Crippen molar-refractivity contribution in [2.24, 2.45) is 11.8 Å². The van der Waals surface area contributed by atoms with Crippen molar-refractivity contribution in [1.29, 1.82) is 0 Å². The van der Waals surface area contributed by atoms with E-state index in [1.807, 2.05) is 36.1 Å². The van der Waals surface area contributed by atoms with Crippen LogP contribution in [-0.2, 0) is 14.4 Å². The van der Waals surface area contributed by atoms with E-state index in [0.29, 0.717) is 6.61 Å². The largest absolute Gasteiger partial charge is 0.494 e. The van der Waals surface area contributed by atoms with Crippen LogP contribution in [0.15, 0.2) is 24.3 Å². The van der Waals surface area contributed by atoms with Crippen LogP contribution in [0.1, 0.15) is 63.5 Å². The Balaban J connectivity index is 1.37. The quantitative estimate of drug-likeness (QED) is 0.690. The van der Waals surface area contributed by atoms with Gasteiger partial charge in [-0.25, -0.2) is 0 Å². The van der Waals surface area contributed by atoms with E-state index in [-0.39, 0.29) is 48.6 Å². The van der Waals surface area contributed by atoms with E-state index in [2.05, 4.69) is 0 Å². The molecule has 1 aliphatic carbocycles. The Hall–Kier alpha value is -2.37. The number of fused-ring (bicyclic) bond motifs is 1. The molecule has 0 radical (unpaired) electrons. The summed E-state index contributed by atoms with van der Waals surface area (Å²) in [4.78, 5) is 41.5. The van der Waals surface area contributed by atoms with Crippen molar-refractivity contribution in [2.75, 3.05) is 19.7 Å². The molecule has 2 aliphatic heterocycles. The normalized spacial score (nSPS) is 26.7. The zero-order valence-electron chi connectivity index (χ0n) is 17.1. The molecule has 0 unspecified atom stereocenters. The minimum atomic E-state index is -0.144. The Labute approximate surface area is 172 Å². The zero-order valence-corrected chi connectivity index (χ0v) is 17.1. The standard InChI is InChI=1S/C23H30N2O4/c1-2-29-17-11-9-16(10-12-17)20-8-5-14-24(20)21(26)13-15-25-22(27)18-6-3-4-7-19(18)23(25)28/h9-12,18-20H,2-8,13-15H2,1H3/t18-,19+,20-/m0/s1. The first-order valence-electron chi connectivity index (χ1n) is 11.0. The highest BCUT2D eigenvalue weighted by atomic mass is 16.5. The van der Waals surface area contributed by atoms with Gasteiger partial charge in [0.1, 0.15) is 5.75 Å². The van der Waals surface area contributed by atoms with Gasteiger partial charge in [0.05, 0.1) is 24.5 Å². The van der Waals surface area contributed by atoms with Crippen LogP contribution in [0.2, 0.25) is 0 Å². The van der Waals surface area contributed by atoms with Crippen LogP contribution in [0.5, 0.6) is 5.75 Å². The second-order valence-electron chi connectivity index (χ2n) is 8.32. The Bertz CT molecular complexity index is 752. The summed E-state index contributed by atoms with van der Waals surface area (Å²) >= 11 is 0. The van der Waals surface area contributed by atoms with Crippen LogP contribution >= 0.6 is 0 Å². The number of rotatable bonds is 6. The van der Waals surface area contributed by atoms with Crippen molar-refractivity contribution in [2.45, 2.75) is 57.9 Å². The predicted molar refractivity (Wildman–Crippen MR) is 108 cm³/mol. The van der Waals surface area contributed by atoms with Crippen LogP contribution in [0.3, 0.4) is 0 Å². The van der Waals surface area contributed by atoms with Crippen LogP contribution in [0, 0.1) is 11.8 Å². The van der Waals surface area contributed by atoms with Crippen molar-refractivity contribution in [3.63, 3.8) is 0 Å². The van der Waals surface area contributed by atoms with Gasteiger partial charge in [-0.15, -0.1) is 0 Å². The third-order valence-corrected chi connectivity index (χ3v) is 6.63. The second kappa shape index (κ2) is 8.56. The van der Waals surface area contributed by atoms with E-state index in [4.69, 9.17) is 4.74 Å². The molecule has 4 rings (SSSR count). The van der Waals surface area contributed by atoms with Gasteiger partial charge in [-0.3, -0.25) is 19.3 Å². The van der Waals surface area contributed by atoms with Crippen molar-refractivity contribution in [3.05, 3.63) is 29.8 Å². The van der Waals surface area contributed by atoms with E-state index >= 15 is 0 Å². The smallest absolute Gasteiger partial charge is 0.233 e. The van der Waals surface area contributed by atoms with E-state index in [1.165, 1.54) is 4.90 Å². The van der Waals surface area contributed by atoms with Gasteiger partial charge >= 0.3 is 0 Å². The molecule has 1 aromatic rings. The molecule has 0 bridgehead atoms. The lowest BCUT2D eigenvalue weighted by molar-refractivity contribution is -0.141. The Morgan fingerprint density at radius 2 is 1.66 bits per heavy atom. The first-order valence-corrected chi connectivity index (χ1v) is 11.0. The highest BCUT2D eigenvalue weighted by Gasteiger charge is 2.48. The molecule has 2 heterocycles. The molecule has 156 valence electrons. The topological polar surface area (TPSA) is 66.9 Å². The van der Waals surface area contributed by atoms with Gasteiger partial charge in [-0.05, 0) is 50.3 Å². The third kappa shape index (κ3) is 3.89. The molecule has 0 spiro atoms. The Kier molecular flexibility index (Phi) is 5.88. The summed E-state index contributed by atoms with van der Waals surface area (Å²) in [5.41, 5.74) is 1.11. The van der Waals surface area contributed by atoms with E-state index in [1.54, 1.807) is 0 Å². The number of ether oxygens (including phenoxy) is 1. The van der Waals surface area contributed by atoms with Gasteiger partial charge in [-0.1, -0.05) is 25.0 Å². The fourth-order valence-corrected chi connectivity index (χ4v) is 5.17. The number of benzene rings is 1. The molecule has 3 atom stereocenters. The molecule has 2 saturated heterocycles. The zero-order chi connectivity index (χ0) is 20.4. The van der Waals surface area contributed by atoms with E-state index < -0.39 is 0 Å². The number of imide groups is 1. The maximum Gasteiger partial charge on any atom is 0.233 e. The minimum Gasteiger partial charge on any atom is -0.494 e. The van der Waals surface area contributed by atoms with Gasteiger partial charge in [0.25, 0.3) is 0 Å². The molecule has 3 fully saturated rings. The first-order chi connectivity index (χ1) is 14.1. The molecule has 1 saturated carbocycles. The number of nitrogens with zero attached hydrogens (tertiary/aromatic N) is 2. The SMILES string of the molecule is CCOc1ccc([C@@H]2CCCN2C(=O)CCN2C(=O)[C@H]3CCCC[C@H]3C2=O)cc1. The molecule has 0 N–H and O–H groups in total. The molecule has 3 aliphatic rings. The summed E-state index contributed by atoms with van der Waals surface area (Å²) in [6.45, 7) is 3.53. The second-order valence-corrected chi connectivity index (χ2v) is 8.32. The molecule has 6 nitrogen and oxygen atoms in total. The van der Waals surface area contributed by atoms with Gasteiger partial charge in [-0.2, -0.15) is 0 Å². The number of hydrogen-bond donors (Lipinski definition) is 0. The number of carbonyl (C=O) groups excluding carboxylic acids is 3. The third-order valence-electron chi connectivity index (χ3n) is 6.63. The average Bonchev–Trinajstić information content (AvgIpc) is 3.32. The van der Waals surface area contributed by atoms with Gasteiger partial charge in [0, 0.05) is 19.5 Å². The summed E-state index contributed by atoms with van der Waals surface area (Å²) in [6.07, 6.45) is 5.78. The lowest BCUT2D eigenvalue weighted by Crippen LogP contribution is -2.37. The van der Waals surface area contributed by atoms with E-state index in [9.17, 15) is 14.4 Å². The van der Waals surface area contributed by atoms with E-state index in [0.717, 1.165) is 56.4 Å². The molecule has 3 amide bonds. The number of likely N-dealkylation sites (tertiary alicyclic amines) is 2. The lowest BCUT2D eigenvalue weighted by Gasteiger charge is -2.26. The molecule has 6 heteroatoms. The summed E-state index contributed by atoms with van der Waals surface area (Å²) < 4.78 is 5.50. The molecular weight excluding hydrogens is 368 g/mol. The number of hydrogen-bond acceptors (Lipinski definition) is 4. The van der Waals surface area contributed by atoms with Gasteiger partial charge in [0.2, 0.25) is 17.7 Å². The summed E-state index contributed by atoms with van der Waals surface area (Å²) in [5.74, 6) is 0.454. The van der Waals surface area contributed by atoms with Crippen molar-refractivity contribution < 1.29 is 19.1 Å². The molecule has 29 heavy (non-hydrogen) atoms. The Morgan fingerprint density at radius 1 is 1.00 bits per heavy atom. The maximum absolute atomic E-state index is 12.9. The number of amides is 3. The summed E-state index contributed by atoms with van der Waals surface area (Å²) in [5, 5.41) is 0. The predicted octanol–water partition coefficient (Wildman–Crippen LogP) is 3.31. The van der Waals surface area contributed by atoms with Crippen LogP contribution < -0.4 is 4.74 Å². The first kappa shape index (κ1) is 19.9. The van der Waals surface area contributed by atoms with Crippen LogP contribution in [-0.4, -0.2) is 47.2 Å². The van der Waals surface area contributed by atoms with Gasteiger partial charge in [0.15, 0.2) is 0 Å². The van der Waals surface area contributed by atoms with Gasteiger partial charge < -0.3 is 9.64 Å². The fourth-order valence-electron chi connectivity index (χ4n) is 5.17. The van der Waals surface area contributed by atoms with Crippen molar-refractivity contribution >= 4 is 17.7 Å². The van der Waals surface area contributed by atoms with Crippen molar-refractivity contribution in [3.8, 4) is 5.75 Å². The van der Waals surface area contributed by atoms with Crippen LogP contribution in [0.4, 0.5) is 0 Å². The Morgan fingerprint density at radius 3 is 2.28 bits per heavy atom.